The number of halogens is 1. The van der Waals surface area contributed by atoms with Crippen LogP contribution in [0.25, 0.3) is 0 Å². The van der Waals surface area contributed by atoms with Crippen LogP contribution in [-0.2, 0) is 0 Å². The molecule has 0 saturated carbocycles. The maximum absolute atomic E-state index is 11.3. The van der Waals surface area contributed by atoms with E-state index in [-0.39, 0.29) is 16.7 Å². The summed E-state index contributed by atoms with van der Waals surface area (Å²) in [6.45, 7) is 5.92. The molecule has 5 nitrogen and oxygen atoms in total. The van der Waals surface area contributed by atoms with E-state index in [0.29, 0.717) is 16.8 Å². The van der Waals surface area contributed by atoms with Gasteiger partial charge < -0.3 is 10.2 Å². The molecule has 0 amide bonds. The Morgan fingerprint density at radius 2 is 2.24 bits per heavy atom. The van der Waals surface area contributed by atoms with E-state index in [0.717, 1.165) is 19.5 Å². The highest BCUT2D eigenvalue weighted by Gasteiger charge is 2.25. The minimum Gasteiger partial charge on any atom is -0.362 e. The number of benzene rings is 1. The van der Waals surface area contributed by atoms with Crippen LogP contribution in [0, 0.1) is 10.1 Å². The number of anilines is 1. The van der Waals surface area contributed by atoms with E-state index in [9.17, 15) is 10.1 Å². The van der Waals surface area contributed by atoms with E-state index in [4.69, 9.17) is 11.6 Å². The molecule has 1 N–H and O–H groups in total. The molecule has 1 aromatic carbocycles. The van der Waals surface area contributed by atoms with Gasteiger partial charge in [0.15, 0.2) is 0 Å². The van der Waals surface area contributed by atoms with Gasteiger partial charge in [0.1, 0.15) is 5.69 Å². The molecule has 1 fully saturated rings. The molecular formula is C15H22ClN3O2. The van der Waals surface area contributed by atoms with Crippen LogP contribution in [0.2, 0.25) is 5.02 Å². The minimum absolute atomic E-state index is 0.0759. The predicted octanol–water partition coefficient (Wildman–Crippen LogP) is 3.61. The third-order valence-electron chi connectivity index (χ3n) is 3.90. The number of nitrogens with zero attached hydrogens (tertiary/aromatic N) is 2. The Bertz CT molecular complexity index is 502. The Kier molecular flexibility index (Phi) is 5.42. The molecule has 2 rings (SSSR count). The minimum atomic E-state index is -0.356. The summed E-state index contributed by atoms with van der Waals surface area (Å²) in [4.78, 5) is 13.0. The first-order valence-corrected chi connectivity index (χ1v) is 7.81. The van der Waals surface area contributed by atoms with Crippen LogP contribution in [0.1, 0.15) is 33.1 Å². The summed E-state index contributed by atoms with van der Waals surface area (Å²) < 4.78 is 0. The SMILES string of the molecule is CC(C)N(CC1CCCCN1)c1ccc(Cl)cc1[N+](=O)[O-]. The highest BCUT2D eigenvalue weighted by molar-refractivity contribution is 6.30. The zero-order valence-corrected chi connectivity index (χ0v) is 13.3. The molecule has 21 heavy (non-hydrogen) atoms. The van der Waals surface area contributed by atoms with Crippen molar-refractivity contribution in [3.05, 3.63) is 33.3 Å². The lowest BCUT2D eigenvalue weighted by Gasteiger charge is -2.34. The van der Waals surface area contributed by atoms with Crippen molar-refractivity contribution in [3.8, 4) is 0 Å². The molecule has 0 bridgehead atoms. The quantitative estimate of drug-likeness (QED) is 0.666. The van der Waals surface area contributed by atoms with Crippen molar-refractivity contribution in [2.75, 3.05) is 18.0 Å². The topological polar surface area (TPSA) is 58.4 Å². The van der Waals surface area contributed by atoms with E-state index in [2.05, 4.69) is 24.1 Å². The van der Waals surface area contributed by atoms with Crippen LogP contribution in [0.3, 0.4) is 0 Å². The van der Waals surface area contributed by atoms with Crippen molar-refractivity contribution in [2.24, 2.45) is 0 Å². The number of hydrogen-bond acceptors (Lipinski definition) is 4. The van der Waals surface area contributed by atoms with Gasteiger partial charge in [-0.2, -0.15) is 0 Å². The van der Waals surface area contributed by atoms with Crippen LogP contribution in [0.4, 0.5) is 11.4 Å². The molecule has 116 valence electrons. The van der Waals surface area contributed by atoms with Gasteiger partial charge in [-0.3, -0.25) is 10.1 Å². The number of nitrogens with one attached hydrogen (secondary N) is 1. The van der Waals surface area contributed by atoms with E-state index in [1.54, 1.807) is 12.1 Å². The van der Waals surface area contributed by atoms with E-state index in [1.165, 1.54) is 18.9 Å². The summed E-state index contributed by atoms with van der Waals surface area (Å²) in [6, 6.07) is 5.47. The summed E-state index contributed by atoms with van der Waals surface area (Å²) in [6.07, 6.45) is 3.54. The molecular weight excluding hydrogens is 290 g/mol. The molecule has 1 saturated heterocycles. The Balaban J connectivity index is 2.27. The van der Waals surface area contributed by atoms with Crippen LogP contribution in [0.15, 0.2) is 18.2 Å². The van der Waals surface area contributed by atoms with Gasteiger partial charge in [0.2, 0.25) is 0 Å². The highest BCUT2D eigenvalue weighted by atomic mass is 35.5. The fraction of sp³-hybridized carbons (Fsp3) is 0.600. The van der Waals surface area contributed by atoms with Gasteiger partial charge in [0.05, 0.1) is 4.92 Å². The standard InChI is InChI=1S/C15H22ClN3O2/c1-11(2)18(10-13-5-3-4-8-17-13)14-7-6-12(16)9-15(14)19(20)21/h6-7,9,11,13,17H,3-5,8,10H2,1-2H3. The van der Waals surface area contributed by atoms with E-state index < -0.39 is 0 Å². The van der Waals surface area contributed by atoms with Crippen molar-refractivity contribution in [1.82, 2.24) is 5.32 Å². The first kappa shape index (κ1) is 16.0. The second kappa shape index (κ2) is 7.09. The zero-order valence-electron chi connectivity index (χ0n) is 12.5. The molecule has 0 aliphatic carbocycles. The van der Waals surface area contributed by atoms with Crippen molar-refractivity contribution in [3.63, 3.8) is 0 Å². The third-order valence-corrected chi connectivity index (χ3v) is 4.13. The second-order valence-corrected chi connectivity index (χ2v) is 6.22. The molecule has 1 aliphatic rings. The number of hydrogen-bond donors (Lipinski definition) is 1. The largest absolute Gasteiger partial charge is 0.362 e. The fourth-order valence-electron chi connectivity index (χ4n) is 2.79. The maximum Gasteiger partial charge on any atom is 0.294 e. The fourth-order valence-corrected chi connectivity index (χ4v) is 2.96. The van der Waals surface area contributed by atoms with Gasteiger partial charge in [-0.05, 0) is 45.4 Å². The molecule has 6 heteroatoms. The molecule has 0 radical (unpaired) electrons. The lowest BCUT2D eigenvalue weighted by Crippen LogP contribution is -2.46. The van der Waals surface area contributed by atoms with Crippen molar-refractivity contribution >= 4 is 23.0 Å². The predicted molar refractivity (Wildman–Crippen MR) is 86.2 cm³/mol. The summed E-state index contributed by atoms with van der Waals surface area (Å²) in [7, 11) is 0. The van der Waals surface area contributed by atoms with Crippen LogP contribution in [0.5, 0.6) is 0 Å². The highest BCUT2D eigenvalue weighted by Crippen LogP contribution is 2.32. The zero-order chi connectivity index (χ0) is 15.4. The maximum atomic E-state index is 11.3. The molecule has 1 aromatic rings. The lowest BCUT2D eigenvalue weighted by atomic mass is 10.0. The smallest absolute Gasteiger partial charge is 0.294 e. The molecule has 1 heterocycles. The van der Waals surface area contributed by atoms with Crippen molar-refractivity contribution in [2.45, 2.75) is 45.2 Å². The molecule has 1 aliphatic heterocycles. The lowest BCUT2D eigenvalue weighted by molar-refractivity contribution is -0.384. The molecule has 0 spiro atoms. The number of nitro groups is 1. The summed E-state index contributed by atoms with van der Waals surface area (Å²) in [5.74, 6) is 0. The monoisotopic (exact) mass is 311 g/mol. The van der Waals surface area contributed by atoms with E-state index >= 15 is 0 Å². The first-order valence-electron chi connectivity index (χ1n) is 7.43. The summed E-state index contributed by atoms with van der Waals surface area (Å²) in [5.41, 5.74) is 0.721. The Labute approximate surface area is 130 Å². The van der Waals surface area contributed by atoms with Gasteiger partial charge in [0.25, 0.3) is 5.69 Å². The summed E-state index contributed by atoms with van der Waals surface area (Å²) in [5, 5.41) is 15.2. The van der Waals surface area contributed by atoms with Gasteiger partial charge in [-0.15, -0.1) is 0 Å². The van der Waals surface area contributed by atoms with Crippen molar-refractivity contribution < 1.29 is 4.92 Å². The van der Waals surface area contributed by atoms with Gasteiger partial charge in [-0.1, -0.05) is 18.0 Å². The number of piperidine rings is 1. The third kappa shape index (κ3) is 4.08. The normalized spacial score (nSPS) is 18.8. The van der Waals surface area contributed by atoms with E-state index in [1.807, 2.05) is 0 Å². The van der Waals surface area contributed by atoms with Gasteiger partial charge >= 0.3 is 0 Å². The Morgan fingerprint density at radius 1 is 1.48 bits per heavy atom. The molecule has 0 aromatic heterocycles. The Morgan fingerprint density at radius 3 is 2.81 bits per heavy atom. The molecule has 1 unspecified atom stereocenters. The van der Waals surface area contributed by atoms with Crippen LogP contribution >= 0.6 is 11.6 Å². The average Bonchev–Trinajstić information content (AvgIpc) is 2.46. The first-order chi connectivity index (χ1) is 9.99. The number of rotatable bonds is 5. The second-order valence-electron chi connectivity index (χ2n) is 5.78. The van der Waals surface area contributed by atoms with Crippen LogP contribution in [-0.4, -0.2) is 30.1 Å². The van der Waals surface area contributed by atoms with Gasteiger partial charge in [-0.25, -0.2) is 0 Å². The van der Waals surface area contributed by atoms with Crippen molar-refractivity contribution in [1.29, 1.82) is 0 Å². The average molecular weight is 312 g/mol. The van der Waals surface area contributed by atoms with Crippen LogP contribution < -0.4 is 10.2 Å². The molecule has 1 atom stereocenters. The summed E-state index contributed by atoms with van der Waals surface area (Å²) >= 11 is 5.90. The Hall–Kier alpha value is -1.33. The van der Waals surface area contributed by atoms with Gasteiger partial charge in [0, 0.05) is 29.7 Å². The number of nitro benzene ring substituents is 1.